The minimum absolute atomic E-state index is 0.156. The van der Waals surface area contributed by atoms with Crippen LogP contribution in [-0.2, 0) is 9.84 Å². The zero-order chi connectivity index (χ0) is 10.3. The van der Waals surface area contributed by atoms with Gasteiger partial charge in [-0.15, -0.1) is 0 Å². The summed E-state index contributed by atoms with van der Waals surface area (Å²) in [5, 5.41) is 0.475. The van der Waals surface area contributed by atoms with E-state index < -0.39 is 9.84 Å². The second-order valence-corrected chi connectivity index (χ2v) is 6.47. The highest BCUT2D eigenvalue weighted by molar-refractivity contribution is 7.91. The largest absolute Gasteiger partial charge is 0.229 e. The zero-order valence-corrected chi connectivity index (χ0v) is 9.35. The van der Waals surface area contributed by atoms with Gasteiger partial charge in [-0.1, -0.05) is 23.7 Å². The van der Waals surface area contributed by atoms with Gasteiger partial charge in [0.2, 0.25) is 0 Å². The van der Waals surface area contributed by atoms with Crippen LogP contribution in [0.15, 0.2) is 24.3 Å². The lowest BCUT2D eigenvalue weighted by Gasteiger charge is -1.99. The van der Waals surface area contributed by atoms with Crippen LogP contribution < -0.4 is 0 Å². The number of halogens is 1. The summed E-state index contributed by atoms with van der Waals surface area (Å²) in [6.07, 6.45) is 2.03. The SMILES string of the molecule is CS(=O)(=O)[C@@H]1C[C@H]1c1cccc(Cl)c1. The van der Waals surface area contributed by atoms with Crippen LogP contribution in [0.4, 0.5) is 0 Å². The Morgan fingerprint density at radius 1 is 1.43 bits per heavy atom. The van der Waals surface area contributed by atoms with Crippen LogP contribution in [0.1, 0.15) is 17.9 Å². The van der Waals surface area contributed by atoms with E-state index in [-0.39, 0.29) is 11.2 Å². The molecule has 76 valence electrons. The molecule has 1 aromatic rings. The topological polar surface area (TPSA) is 34.1 Å². The van der Waals surface area contributed by atoms with Crippen molar-refractivity contribution in [3.63, 3.8) is 0 Å². The molecule has 0 amide bonds. The first-order valence-corrected chi connectivity index (χ1v) is 6.76. The highest BCUT2D eigenvalue weighted by Gasteiger charge is 2.45. The van der Waals surface area contributed by atoms with E-state index in [0.29, 0.717) is 5.02 Å². The molecule has 1 aliphatic carbocycles. The van der Waals surface area contributed by atoms with Gasteiger partial charge in [0.15, 0.2) is 9.84 Å². The lowest BCUT2D eigenvalue weighted by Crippen LogP contribution is -2.04. The molecular weight excluding hydrogens is 220 g/mol. The Bertz CT molecular complexity index is 453. The molecule has 0 heterocycles. The standard InChI is InChI=1S/C10H11ClO2S/c1-14(12,13)10-6-9(10)7-3-2-4-8(11)5-7/h2-5,9-10H,6H2,1H3/t9-,10+/m0/s1. The molecule has 0 spiro atoms. The van der Waals surface area contributed by atoms with Gasteiger partial charge in [0.1, 0.15) is 0 Å². The maximum atomic E-state index is 11.2. The van der Waals surface area contributed by atoms with Crippen molar-refractivity contribution in [3.05, 3.63) is 34.9 Å². The second-order valence-electron chi connectivity index (χ2n) is 3.77. The molecule has 1 aliphatic rings. The van der Waals surface area contributed by atoms with Crippen LogP contribution in [-0.4, -0.2) is 19.9 Å². The Morgan fingerprint density at radius 3 is 2.64 bits per heavy atom. The summed E-state index contributed by atoms with van der Waals surface area (Å²) in [6.45, 7) is 0. The molecule has 0 aliphatic heterocycles. The van der Waals surface area contributed by atoms with E-state index >= 15 is 0 Å². The van der Waals surface area contributed by atoms with E-state index in [0.717, 1.165) is 12.0 Å². The Kier molecular flexibility index (Phi) is 2.32. The highest BCUT2D eigenvalue weighted by Crippen LogP contribution is 2.45. The highest BCUT2D eigenvalue weighted by atomic mass is 35.5. The van der Waals surface area contributed by atoms with Crippen molar-refractivity contribution in [2.24, 2.45) is 0 Å². The average Bonchev–Trinajstić information content (AvgIpc) is 2.81. The van der Waals surface area contributed by atoms with Crippen LogP contribution in [0, 0.1) is 0 Å². The monoisotopic (exact) mass is 230 g/mol. The maximum Gasteiger partial charge on any atom is 0.150 e. The molecule has 14 heavy (non-hydrogen) atoms. The number of hydrogen-bond donors (Lipinski definition) is 0. The average molecular weight is 231 g/mol. The Labute approximate surface area is 88.8 Å². The molecule has 2 rings (SSSR count). The van der Waals surface area contributed by atoms with Gasteiger partial charge in [-0.3, -0.25) is 0 Å². The van der Waals surface area contributed by atoms with E-state index in [1.54, 1.807) is 6.07 Å². The van der Waals surface area contributed by atoms with Crippen LogP contribution in [0.25, 0.3) is 0 Å². The van der Waals surface area contributed by atoms with E-state index in [9.17, 15) is 8.42 Å². The predicted molar refractivity (Wildman–Crippen MR) is 57.4 cm³/mol. The van der Waals surface area contributed by atoms with E-state index in [1.165, 1.54) is 6.26 Å². The Balaban J connectivity index is 2.22. The molecule has 1 fully saturated rings. The smallest absolute Gasteiger partial charge is 0.150 e. The van der Waals surface area contributed by atoms with Crippen LogP contribution in [0.2, 0.25) is 5.02 Å². The summed E-state index contributed by atoms with van der Waals surface area (Å²) in [5.41, 5.74) is 1.04. The van der Waals surface area contributed by atoms with Gasteiger partial charge in [-0.05, 0) is 24.1 Å². The van der Waals surface area contributed by atoms with Crippen LogP contribution in [0.5, 0.6) is 0 Å². The molecule has 4 heteroatoms. The third-order valence-corrected chi connectivity index (χ3v) is 4.41. The quantitative estimate of drug-likeness (QED) is 0.781. The molecular formula is C10H11ClO2S. The molecule has 0 aromatic heterocycles. The predicted octanol–water partition coefficient (Wildman–Crippen LogP) is 2.24. The zero-order valence-electron chi connectivity index (χ0n) is 7.77. The molecule has 2 atom stereocenters. The third kappa shape index (κ3) is 1.93. The lowest BCUT2D eigenvalue weighted by molar-refractivity contribution is 0.600. The summed E-state index contributed by atoms with van der Waals surface area (Å²) < 4.78 is 22.5. The Morgan fingerprint density at radius 2 is 2.14 bits per heavy atom. The Hall–Kier alpha value is -0.540. The normalized spacial score (nSPS) is 26.1. The minimum atomic E-state index is -2.88. The summed E-state index contributed by atoms with van der Waals surface area (Å²) in [5.74, 6) is 0.156. The van der Waals surface area contributed by atoms with E-state index in [1.807, 2.05) is 18.2 Å². The van der Waals surface area contributed by atoms with Crippen molar-refractivity contribution >= 4 is 21.4 Å². The fourth-order valence-electron chi connectivity index (χ4n) is 1.73. The summed E-state index contributed by atoms with van der Waals surface area (Å²) >= 11 is 5.83. The summed E-state index contributed by atoms with van der Waals surface area (Å²) in [7, 11) is -2.88. The van der Waals surface area contributed by atoms with Crippen molar-refractivity contribution < 1.29 is 8.42 Å². The molecule has 0 N–H and O–H groups in total. The molecule has 1 aromatic carbocycles. The molecule has 1 saturated carbocycles. The number of benzene rings is 1. The minimum Gasteiger partial charge on any atom is -0.229 e. The second kappa shape index (κ2) is 3.24. The van der Waals surface area contributed by atoms with Crippen LogP contribution >= 0.6 is 11.6 Å². The molecule has 0 bridgehead atoms. The lowest BCUT2D eigenvalue weighted by atomic mass is 10.1. The van der Waals surface area contributed by atoms with Gasteiger partial charge >= 0.3 is 0 Å². The van der Waals surface area contributed by atoms with Gasteiger partial charge in [0, 0.05) is 17.2 Å². The summed E-state index contributed by atoms with van der Waals surface area (Å²) in [4.78, 5) is 0. The van der Waals surface area contributed by atoms with Crippen molar-refractivity contribution in [2.45, 2.75) is 17.6 Å². The van der Waals surface area contributed by atoms with E-state index in [4.69, 9.17) is 11.6 Å². The van der Waals surface area contributed by atoms with Crippen molar-refractivity contribution in [3.8, 4) is 0 Å². The molecule has 0 saturated heterocycles. The third-order valence-electron chi connectivity index (χ3n) is 2.56. The van der Waals surface area contributed by atoms with Crippen molar-refractivity contribution in [1.82, 2.24) is 0 Å². The first-order chi connectivity index (χ1) is 6.48. The van der Waals surface area contributed by atoms with Gasteiger partial charge in [0.05, 0.1) is 5.25 Å². The molecule has 0 unspecified atom stereocenters. The van der Waals surface area contributed by atoms with Gasteiger partial charge in [-0.2, -0.15) is 0 Å². The van der Waals surface area contributed by atoms with Crippen molar-refractivity contribution in [2.75, 3.05) is 6.26 Å². The van der Waals surface area contributed by atoms with Gasteiger partial charge in [0.25, 0.3) is 0 Å². The van der Waals surface area contributed by atoms with E-state index in [2.05, 4.69) is 0 Å². The number of sulfone groups is 1. The first kappa shape index (κ1) is 9.99. The first-order valence-electron chi connectivity index (χ1n) is 4.43. The van der Waals surface area contributed by atoms with Crippen molar-refractivity contribution in [1.29, 1.82) is 0 Å². The fraction of sp³-hybridized carbons (Fsp3) is 0.400. The van der Waals surface area contributed by atoms with Gasteiger partial charge in [-0.25, -0.2) is 8.42 Å². The van der Waals surface area contributed by atoms with Crippen LogP contribution in [0.3, 0.4) is 0 Å². The molecule has 0 radical (unpaired) electrons. The number of hydrogen-bond acceptors (Lipinski definition) is 2. The van der Waals surface area contributed by atoms with Gasteiger partial charge < -0.3 is 0 Å². The maximum absolute atomic E-state index is 11.2. The fourth-order valence-corrected chi connectivity index (χ4v) is 3.24. The number of rotatable bonds is 2. The molecule has 2 nitrogen and oxygen atoms in total. The summed E-state index contributed by atoms with van der Waals surface area (Å²) in [6, 6.07) is 7.43.